The first-order valence-corrected chi connectivity index (χ1v) is 10.7. The van der Waals surface area contributed by atoms with Crippen LogP contribution in [-0.2, 0) is 10.0 Å². The van der Waals surface area contributed by atoms with Crippen LogP contribution in [0, 0.1) is 0 Å². The van der Waals surface area contributed by atoms with Crippen molar-refractivity contribution in [2.24, 2.45) is 0 Å². The van der Waals surface area contributed by atoms with Gasteiger partial charge < -0.3 is 10.1 Å². The number of halogens is 4. The van der Waals surface area contributed by atoms with E-state index >= 15 is 0 Å². The number of amides is 1. The summed E-state index contributed by atoms with van der Waals surface area (Å²) in [6.07, 6.45) is -4.46. The van der Waals surface area contributed by atoms with Crippen LogP contribution in [0.25, 0.3) is 0 Å². The lowest BCUT2D eigenvalue weighted by molar-refractivity contribution is -0.153. The van der Waals surface area contributed by atoms with Gasteiger partial charge in [0.05, 0.1) is 15.5 Å². The summed E-state index contributed by atoms with van der Waals surface area (Å²) in [5.74, 6) is -0.684. The van der Waals surface area contributed by atoms with Crippen LogP contribution in [-0.4, -0.2) is 44.5 Å². The lowest BCUT2D eigenvalue weighted by Crippen LogP contribution is -2.30. The van der Waals surface area contributed by atoms with Gasteiger partial charge in [0.15, 0.2) is 6.61 Å². The van der Waals surface area contributed by atoms with Crippen LogP contribution in [0.4, 0.5) is 18.9 Å². The van der Waals surface area contributed by atoms with Crippen LogP contribution in [0.5, 0.6) is 5.75 Å². The summed E-state index contributed by atoms with van der Waals surface area (Å²) in [6, 6.07) is 9.07. The van der Waals surface area contributed by atoms with Gasteiger partial charge in [-0.05, 0) is 42.5 Å². The molecule has 30 heavy (non-hydrogen) atoms. The molecule has 0 bridgehead atoms. The molecule has 0 aliphatic rings. The molecule has 164 valence electrons. The summed E-state index contributed by atoms with van der Waals surface area (Å²) in [5.41, 5.74) is 0.217. The molecule has 11 heteroatoms. The van der Waals surface area contributed by atoms with Gasteiger partial charge in [-0.25, -0.2) is 8.42 Å². The van der Waals surface area contributed by atoms with Crippen LogP contribution < -0.4 is 10.1 Å². The van der Waals surface area contributed by atoms with E-state index in [-0.39, 0.29) is 40.0 Å². The molecule has 0 aliphatic carbocycles. The van der Waals surface area contributed by atoms with E-state index < -0.39 is 28.7 Å². The Balaban J connectivity index is 2.19. The highest BCUT2D eigenvalue weighted by atomic mass is 35.5. The molecule has 0 saturated heterocycles. The summed E-state index contributed by atoms with van der Waals surface area (Å²) in [6.45, 7) is 2.51. The van der Waals surface area contributed by atoms with Gasteiger partial charge in [0.2, 0.25) is 10.0 Å². The third-order valence-electron chi connectivity index (χ3n) is 4.04. The summed E-state index contributed by atoms with van der Waals surface area (Å²) >= 11 is 6.07. The van der Waals surface area contributed by atoms with Crippen molar-refractivity contribution in [2.45, 2.75) is 24.9 Å². The Morgan fingerprint density at radius 2 is 1.70 bits per heavy atom. The van der Waals surface area contributed by atoms with Crippen molar-refractivity contribution in [1.82, 2.24) is 4.31 Å². The van der Waals surface area contributed by atoms with Crippen molar-refractivity contribution in [3.63, 3.8) is 0 Å². The molecule has 0 heterocycles. The number of benzene rings is 2. The molecule has 2 aromatic carbocycles. The van der Waals surface area contributed by atoms with Crippen molar-refractivity contribution in [3.8, 4) is 5.75 Å². The van der Waals surface area contributed by atoms with E-state index in [1.807, 2.05) is 0 Å². The fourth-order valence-electron chi connectivity index (χ4n) is 2.55. The van der Waals surface area contributed by atoms with Gasteiger partial charge in [-0.15, -0.1) is 0 Å². The van der Waals surface area contributed by atoms with Gasteiger partial charge >= 0.3 is 6.18 Å². The topological polar surface area (TPSA) is 75.7 Å². The molecule has 2 rings (SSSR count). The Kier molecular flexibility index (Phi) is 7.73. The number of hydrogen-bond donors (Lipinski definition) is 1. The Morgan fingerprint density at radius 1 is 1.10 bits per heavy atom. The number of anilines is 1. The lowest BCUT2D eigenvalue weighted by Gasteiger charge is -2.19. The van der Waals surface area contributed by atoms with Crippen LogP contribution in [0.15, 0.2) is 47.4 Å². The number of carbonyl (C=O) groups is 1. The SMILES string of the molecule is CCN(CC)S(=O)(=O)c1ccc(Cl)c(C(=O)Nc2ccc(OCC(F)(F)F)cc2)c1. The number of ether oxygens (including phenoxy) is 1. The smallest absolute Gasteiger partial charge is 0.422 e. The second-order valence-corrected chi connectivity index (χ2v) is 8.46. The number of hydrogen-bond acceptors (Lipinski definition) is 4. The van der Waals surface area contributed by atoms with Crippen LogP contribution >= 0.6 is 11.6 Å². The lowest BCUT2D eigenvalue weighted by atomic mass is 10.2. The van der Waals surface area contributed by atoms with E-state index in [0.717, 1.165) is 0 Å². The predicted molar refractivity (Wildman–Crippen MR) is 108 cm³/mol. The number of sulfonamides is 1. The van der Waals surface area contributed by atoms with E-state index in [2.05, 4.69) is 10.1 Å². The van der Waals surface area contributed by atoms with Gasteiger partial charge in [-0.3, -0.25) is 4.79 Å². The van der Waals surface area contributed by atoms with Crippen molar-refractivity contribution in [3.05, 3.63) is 53.1 Å². The minimum absolute atomic E-state index is 0.0179. The highest BCUT2D eigenvalue weighted by molar-refractivity contribution is 7.89. The molecule has 2 aromatic rings. The molecular weight excluding hydrogens is 445 g/mol. The second-order valence-electron chi connectivity index (χ2n) is 6.11. The Hall–Kier alpha value is -2.30. The molecule has 0 aromatic heterocycles. The zero-order valence-electron chi connectivity index (χ0n) is 16.2. The normalized spacial score (nSPS) is 12.1. The second kappa shape index (κ2) is 9.67. The van der Waals surface area contributed by atoms with Crippen LogP contribution in [0.1, 0.15) is 24.2 Å². The average molecular weight is 465 g/mol. The van der Waals surface area contributed by atoms with Gasteiger partial charge in [-0.1, -0.05) is 25.4 Å². The third-order valence-corrected chi connectivity index (χ3v) is 6.42. The Morgan fingerprint density at radius 3 is 2.23 bits per heavy atom. The molecular formula is C19H20ClF3N2O4S. The molecule has 0 atom stereocenters. The first-order chi connectivity index (χ1) is 14.0. The van der Waals surface area contributed by atoms with E-state index in [1.165, 1.54) is 46.8 Å². The molecule has 6 nitrogen and oxygen atoms in total. The third kappa shape index (κ3) is 6.10. The maximum absolute atomic E-state index is 12.7. The number of rotatable bonds is 8. The number of alkyl halides is 3. The summed E-state index contributed by atoms with van der Waals surface area (Å²) in [4.78, 5) is 12.5. The fraction of sp³-hybridized carbons (Fsp3) is 0.316. The quantitative estimate of drug-likeness (QED) is 0.621. The minimum Gasteiger partial charge on any atom is -0.484 e. The van der Waals surface area contributed by atoms with E-state index in [0.29, 0.717) is 0 Å². The Labute approximate surface area is 177 Å². The van der Waals surface area contributed by atoms with Crippen molar-refractivity contribution in [2.75, 3.05) is 25.0 Å². The van der Waals surface area contributed by atoms with Gasteiger partial charge in [0, 0.05) is 18.8 Å². The summed E-state index contributed by atoms with van der Waals surface area (Å²) in [5, 5.41) is 2.58. The Bertz CT molecular complexity index is 992. The van der Waals surface area contributed by atoms with Gasteiger partial charge in [0.25, 0.3) is 5.91 Å². The molecule has 1 N–H and O–H groups in total. The minimum atomic E-state index is -4.46. The first-order valence-electron chi connectivity index (χ1n) is 8.88. The molecule has 0 fully saturated rings. The predicted octanol–water partition coefficient (Wildman–Crippen LogP) is 4.56. The largest absolute Gasteiger partial charge is 0.484 e. The van der Waals surface area contributed by atoms with Gasteiger partial charge in [-0.2, -0.15) is 17.5 Å². The highest BCUT2D eigenvalue weighted by Gasteiger charge is 2.28. The molecule has 0 aliphatic heterocycles. The molecule has 1 amide bonds. The van der Waals surface area contributed by atoms with Crippen molar-refractivity contribution >= 4 is 33.2 Å². The van der Waals surface area contributed by atoms with Crippen molar-refractivity contribution in [1.29, 1.82) is 0 Å². The van der Waals surface area contributed by atoms with Crippen LogP contribution in [0.2, 0.25) is 5.02 Å². The summed E-state index contributed by atoms with van der Waals surface area (Å²) in [7, 11) is -3.78. The molecule has 0 spiro atoms. The zero-order valence-corrected chi connectivity index (χ0v) is 17.7. The maximum Gasteiger partial charge on any atom is 0.422 e. The fourth-order valence-corrected chi connectivity index (χ4v) is 4.24. The highest BCUT2D eigenvalue weighted by Crippen LogP contribution is 2.25. The molecule has 0 saturated carbocycles. The average Bonchev–Trinajstić information content (AvgIpc) is 2.67. The number of carbonyl (C=O) groups excluding carboxylic acids is 1. The monoisotopic (exact) mass is 464 g/mol. The number of nitrogens with one attached hydrogen (secondary N) is 1. The van der Waals surface area contributed by atoms with E-state index in [1.54, 1.807) is 13.8 Å². The first kappa shape index (κ1) is 24.0. The molecule has 0 radical (unpaired) electrons. The summed E-state index contributed by atoms with van der Waals surface area (Å²) < 4.78 is 67.7. The van der Waals surface area contributed by atoms with Crippen LogP contribution in [0.3, 0.4) is 0 Å². The van der Waals surface area contributed by atoms with Gasteiger partial charge in [0.1, 0.15) is 5.75 Å². The van der Waals surface area contributed by atoms with Crippen molar-refractivity contribution < 1.29 is 31.1 Å². The zero-order chi connectivity index (χ0) is 22.5. The number of nitrogens with zero attached hydrogens (tertiary/aromatic N) is 1. The standard InChI is InChI=1S/C19H20ClF3N2O4S/c1-3-25(4-2)30(27,28)15-9-10-17(20)16(11-15)18(26)24-13-5-7-14(8-6-13)29-12-19(21,22)23/h5-11H,3-4,12H2,1-2H3,(H,24,26). The van der Waals surface area contributed by atoms with E-state index in [4.69, 9.17) is 11.6 Å². The molecule has 0 unspecified atom stereocenters. The maximum atomic E-state index is 12.7. The van der Waals surface area contributed by atoms with E-state index in [9.17, 15) is 26.4 Å².